The summed E-state index contributed by atoms with van der Waals surface area (Å²) < 4.78 is 8.87. The van der Waals surface area contributed by atoms with E-state index in [1.54, 1.807) is 0 Å². The van der Waals surface area contributed by atoms with Crippen LogP contribution in [0.3, 0.4) is 0 Å². The summed E-state index contributed by atoms with van der Waals surface area (Å²) in [5.41, 5.74) is 12.1. The Morgan fingerprint density at radius 2 is 0.929 bits per heavy atom. The molecule has 0 N–H and O–H groups in total. The zero-order chi connectivity index (χ0) is 37.0. The number of nitrogens with zero attached hydrogens (tertiary/aromatic N) is 4. The number of furan rings is 1. The topological polar surface area (TPSA) is 56.7 Å². The molecule has 11 aromatic rings. The van der Waals surface area contributed by atoms with Gasteiger partial charge in [0, 0.05) is 50.0 Å². The zero-order valence-electron chi connectivity index (χ0n) is 30.2. The maximum Gasteiger partial charge on any atom is 0.166 e. The van der Waals surface area contributed by atoms with E-state index in [-0.39, 0.29) is 0 Å². The third-order valence-corrected chi connectivity index (χ3v) is 10.7. The highest BCUT2D eigenvalue weighted by Crippen LogP contribution is 2.40. The Balaban J connectivity index is 1.13. The van der Waals surface area contributed by atoms with E-state index >= 15 is 0 Å². The lowest BCUT2D eigenvalue weighted by atomic mass is 10.0. The summed E-state index contributed by atoms with van der Waals surface area (Å²) in [5.74, 6) is 1.84. The van der Waals surface area contributed by atoms with E-state index in [9.17, 15) is 0 Å². The summed E-state index contributed by atoms with van der Waals surface area (Å²) in [6.07, 6.45) is 0. The van der Waals surface area contributed by atoms with Crippen molar-refractivity contribution in [1.82, 2.24) is 19.5 Å². The fraction of sp³-hybridized carbons (Fsp3) is 0. The van der Waals surface area contributed by atoms with E-state index < -0.39 is 0 Å². The van der Waals surface area contributed by atoms with E-state index in [4.69, 9.17) is 19.4 Å². The predicted molar refractivity (Wildman–Crippen MR) is 229 cm³/mol. The van der Waals surface area contributed by atoms with E-state index in [2.05, 4.69) is 156 Å². The van der Waals surface area contributed by atoms with Gasteiger partial charge in [0.05, 0.1) is 11.0 Å². The quantitative estimate of drug-likeness (QED) is 0.172. The van der Waals surface area contributed by atoms with Crippen LogP contribution in [0, 0.1) is 0 Å². The molecular weight excluding hydrogens is 685 g/mol. The molecule has 0 saturated heterocycles. The molecule has 3 aromatic heterocycles. The summed E-state index contributed by atoms with van der Waals surface area (Å²) in [6, 6.07) is 67.4. The van der Waals surface area contributed by atoms with Crippen molar-refractivity contribution in [2.75, 3.05) is 0 Å². The number of fused-ring (bicyclic) bond motifs is 6. The molecule has 5 heteroatoms. The summed E-state index contributed by atoms with van der Waals surface area (Å²) >= 11 is 0. The second-order valence-electron chi connectivity index (χ2n) is 14.0. The average Bonchev–Trinajstić information content (AvgIpc) is 3.82. The van der Waals surface area contributed by atoms with Crippen LogP contribution in [0.2, 0.25) is 0 Å². The largest absolute Gasteiger partial charge is 0.456 e. The molecule has 0 fully saturated rings. The van der Waals surface area contributed by atoms with Crippen LogP contribution >= 0.6 is 0 Å². The first kappa shape index (κ1) is 31.9. The number of hydrogen-bond donors (Lipinski definition) is 0. The summed E-state index contributed by atoms with van der Waals surface area (Å²) in [7, 11) is 0. The summed E-state index contributed by atoms with van der Waals surface area (Å²) in [6.45, 7) is 0. The van der Waals surface area contributed by atoms with E-state index in [0.29, 0.717) is 17.5 Å². The standard InChI is InChI=1S/C51H32N4O/c1-4-14-33(15-5-1)36-20-12-21-38(30-36)50-52-49(35-18-8-3-9-19-35)53-51(54-50)43-24-13-23-42-40-22-10-11-25-45(40)55(48(42)43)39-27-28-41-44-31-37(34-16-6-2-7-17-34)26-29-46(44)56-47(41)32-39/h1-32H. The van der Waals surface area contributed by atoms with Gasteiger partial charge in [0.15, 0.2) is 17.5 Å². The molecule has 56 heavy (non-hydrogen) atoms. The van der Waals surface area contributed by atoms with Gasteiger partial charge in [-0.05, 0) is 64.7 Å². The number of hydrogen-bond acceptors (Lipinski definition) is 4. The maximum absolute atomic E-state index is 6.55. The molecule has 0 aliphatic carbocycles. The van der Waals surface area contributed by atoms with Crippen molar-refractivity contribution in [2.24, 2.45) is 0 Å². The molecule has 0 saturated carbocycles. The monoisotopic (exact) mass is 716 g/mol. The molecule has 0 amide bonds. The Morgan fingerprint density at radius 1 is 0.339 bits per heavy atom. The zero-order valence-corrected chi connectivity index (χ0v) is 30.2. The lowest BCUT2D eigenvalue weighted by Gasteiger charge is -2.13. The van der Waals surface area contributed by atoms with Gasteiger partial charge < -0.3 is 8.98 Å². The Hall–Kier alpha value is -7.63. The van der Waals surface area contributed by atoms with Crippen molar-refractivity contribution >= 4 is 43.7 Å². The van der Waals surface area contributed by atoms with E-state index in [1.165, 1.54) is 5.56 Å². The van der Waals surface area contributed by atoms with Gasteiger partial charge in [0.1, 0.15) is 11.2 Å². The van der Waals surface area contributed by atoms with Gasteiger partial charge in [-0.1, -0.05) is 146 Å². The SMILES string of the molecule is c1ccc(-c2cccc(-c3nc(-c4ccccc4)nc(-c4cccc5c6ccccc6n(-c6ccc7c(c6)oc6ccc(-c8ccccc8)cc67)c45)n3)c2)cc1. The fourth-order valence-electron chi connectivity index (χ4n) is 7.99. The van der Waals surface area contributed by atoms with Gasteiger partial charge in [-0.3, -0.25) is 0 Å². The maximum atomic E-state index is 6.55. The van der Waals surface area contributed by atoms with Crippen LogP contribution < -0.4 is 0 Å². The second kappa shape index (κ2) is 13.0. The fourth-order valence-corrected chi connectivity index (χ4v) is 7.99. The highest BCUT2D eigenvalue weighted by molar-refractivity contribution is 6.14. The van der Waals surface area contributed by atoms with Crippen molar-refractivity contribution in [1.29, 1.82) is 0 Å². The predicted octanol–water partition coefficient (Wildman–Crippen LogP) is 13.2. The number of rotatable bonds is 6. The number of para-hydroxylation sites is 2. The molecule has 11 rings (SSSR count). The van der Waals surface area contributed by atoms with Crippen LogP contribution in [0.4, 0.5) is 0 Å². The lowest BCUT2D eigenvalue weighted by molar-refractivity contribution is 0.668. The van der Waals surface area contributed by atoms with Gasteiger partial charge in [-0.2, -0.15) is 0 Å². The van der Waals surface area contributed by atoms with Gasteiger partial charge in [-0.15, -0.1) is 0 Å². The minimum Gasteiger partial charge on any atom is -0.456 e. The molecular formula is C51H32N4O. The first-order valence-electron chi connectivity index (χ1n) is 18.8. The molecule has 0 unspecified atom stereocenters. The van der Waals surface area contributed by atoms with Crippen molar-refractivity contribution in [2.45, 2.75) is 0 Å². The van der Waals surface area contributed by atoms with Gasteiger partial charge in [0.25, 0.3) is 0 Å². The Bertz CT molecular complexity index is 3240. The van der Waals surface area contributed by atoms with Gasteiger partial charge >= 0.3 is 0 Å². The molecule has 3 heterocycles. The third-order valence-electron chi connectivity index (χ3n) is 10.7. The highest BCUT2D eigenvalue weighted by Gasteiger charge is 2.21. The molecule has 0 bridgehead atoms. The van der Waals surface area contributed by atoms with Crippen LogP contribution in [0.5, 0.6) is 0 Å². The minimum atomic E-state index is 0.604. The van der Waals surface area contributed by atoms with Crippen LogP contribution in [-0.2, 0) is 0 Å². The molecule has 0 spiro atoms. The summed E-state index contributed by atoms with van der Waals surface area (Å²) in [4.78, 5) is 15.5. The van der Waals surface area contributed by atoms with Crippen LogP contribution in [0.1, 0.15) is 0 Å². The third kappa shape index (κ3) is 5.37. The normalized spacial score (nSPS) is 11.6. The van der Waals surface area contributed by atoms with Crippen LogP contribution in [-0.4, -0.2) is 19.5 Å². The minimum absolute atomic E-state index is 0.604. The molecule has 0 atom stereocenters. The Kier molecular flexibility index (Phi) is 7.42. The molecule has 262 valence electrons. The average molecular weight is 717 g/mol. The highest BCUT2D eigenvalue weighted by atomic mass is 16.3. The van der Waals surface area contributed by atoms with Crippen molar-refractivity contribution in [3.05, 3.63) is 194 Å². The van der Waals surface area contributed by atoms with Crippen molar-refractivity contribution in [3.63, 3.8) is 0 Å². The van der Waals surface area contributed by atoms with E-state index in [0.717, 1.165) is 82.8 Å². The van der Waals surface area contributed by atoms with Crippen molar-refractivity contribution in [3.8, 4) is 62.1 Å². The molecule has 0 aliphatic heterocycles. The van der Waals surface area contributed by atoms with Gasteiger partial charge in [-0.25, -0.2) is 15.0 Å². The van der Waals surface area contributed by atoms with E-state index in [1.807, 2.05) is 42.5 Å². The number of aromatic nitrogens is 4. The molecule has 8 aromatic carbocycles. The Morgan fingerprint density at radius 3 is 1.70 bits per heavy atom. The summed E-state index contributed by atoms with van der Waals surface area (Å²) in [5, 5.41) is 4.44. The van der Waals surface area contributed by atoms with Crippen LogP contribution in [0.25, 0.3) is 106 Å². The lowest BCUT2D eigenvalue weighted by Crippen LogP contribution is -2.02. The first-order valence-corrected chi connectivity index (χ1v) is 18.8. The van der Waals surface area contributed by atoms with Gasteiger partial charge in [0.2, 0.25) is 0 Å². The molecule has 0 radical (unpaired) electrons. The van der Waals surface area contributed by atoms with Crippen molar-refractivity contribution < 1.29 is 4.42 Å². The smallest absolute Gasteiger partial charge is 0.166 e. The molecule has 0 aliphatic rings. The molecule has 5 nitrogen and oxygen atoms in total. The number of benzene rings is 8. The van der Waals surface area contributed by atoms with Crippen LogP contribution in [0.15, 0.2) is 199 Å². The second-order valence-corrected chi connectivity index (χ2v) is 14.0. The first-order chi connectivity index (χ1) is 27.7. The Labute approximate surface area is 322 Å².